The summed E-state index contributed by atoms with van der Waals surface area (Å²) in [5, 5.41) is 0. The summed E-state index contributed by atoms with van der Waals surface area (Å²) in [4.78, 5) is 30.2. The first-order chi connectivity index (χ1) is 10.3. The smallest absolute Gasteiger partial charge is 0.263 e. The molecule has 5 nitrogen and oxygen atoms in total. The lowest BCUT2D eigenvalue weighted by atomic mass is 10.1. The van der Waals surface area contributed by atoms with Crippen LogP contribution >= 0.6 is 0 Å². The molecule has 0 bridgehead atoms. The van der Waals surface area contributed by atoms with E-state index in [-0.39, 0.29) is 17.4 Å². The molecule has 1 aromatic rings. The number of likely N-dealkylation sites (N-methyl/N-ethyl adjacent to an activating group) is 2. The van der Waals surface area contributed by atoms with E-state index >= 15 is 0 Å². The Hall–Kier alpha value is -2.56. The number of benzene rings is 1. The van der Waals surface area contributed by atoms with E-state index in [1.807, 2.05) is 56.4 Å². The van der Waals surface area contributed by atoms with Crippen LogP contribution in [0.1, 0.15) is 6.92 Å². The second-order valence-electron chi connectivity index (χ2n) is 5.61. The lowest BCUT2D eigenvalue weighted by Crippen LogP contribution is -2.32. The normalized spacial score (nSPS) is 15.7. The molecule has 2 rings (SSSR count). The molecule has 0 fully saturated rings. The Kier molecular flexibility index (Phi) is 4.35. The highest BCUT2D eigenvalue weighted by atomic mass is 16.2. The van der Waals surface area contributed by atoms with Crippen molar-refractivity contribution < 1.29 is 9.59 Å². The topological polar surface area (TPSA) is 43.9 Å². The molecule has 1 aliphatic heterocycles. The number of hydrogen-bond donors (Lipinski definition) is 0. The molecule has 0 radical (unpaired) electrons. The lowest BCUT2D eigenvalue weighted by molar-refractivity contribution is -0.120. The average molecular weight is 299 g/mol. The van der Waals surface area contributed by atoms with Gasteiger partial charge in [0.1, 0.15) is 5.57 Å². The van der Waals surface area contributed by atoms with Crippen LogP contribution in [0.25, 0.3) is 0 Å². The van der Waals surface area contributed by atoms with Crippen LogP contribution in [0.15, 0.2) is 47.7 Å². The fourth-order valence-electron chi connectivity index (χ4n) is 2.50. The van der Waals surface area contributed by atoms with Gasteiger partial charge in [-0.2, -0.15) is 0 Å². The van der Waals surface area contributed by atoms with Crippen molar-refractivity contribution in [2.45, 2.75) is 6.92 Å². The number of allylic oxidation sites excluding steroid dienone is 2. The Labute approximate surface area is 131 Å². The van der Waals surface area contributed by atoms with Gasteiger partial charge in [-0.3, -0.25) is 9.59 Å². The van der Waals surface area contributed by atoms with Gasteiger partial charge in [-0.05, 0) is 30.7 Å². The van der Waals surface area contributed by atoms with Crippen molar-refractivity contribution in [3.8, 4) is 0 Å². The van der Waals surface area contributed by atoms with E-state index in [1.165, 1.54) is 9.80 Å². The van der Waals surface area contributed by atoms with Crippen molar-refractivity contribution >= 4 is 23.2 Å². The number of nitrogens with zero attached hydrogens (tertiary/aromatic N) is 3. The summed E-state index contributed by atoms with van der Waals surface area (Å²) in [5.41, 5.74) is 2.45. The molecule has 0 aromatic heterocycles. The number of carbonyl (C=O) groups excluding carboxylic acids is 2. The fraction of sp³-hybridized carbons (Fsp3) is 0.294. The monoisotopic (exact) mass is 299 g/mol. The van der Waals surface area contributed by atoms with Crippen LogP contribution < -0.4 is 9.80 Å². The molecule has 0 unspecified atom stereocenters. The van der Waals surface area contributed by atoms with Crippen LogP contribution in [-0.4, -0.2) is 44.9 Å². The second kappa shape index (κ2) is 6.05. The minimum atomic E-state index is -0.298. The largest absolute Gasteiger partial charge is 0.383 e. The number of hydrogen-bond acceptors (Lipinski definition) is 3. The number of para-hydroxylation sites is 2. The molecule has 22 heavy (non-hydrogen) atoms. The molecule has 1 heterocycles. The third-order valence-corrected chi connectivity index (χ3v) is 3.51. The maximum Gasteiger partial charge on any atom is 0.263 e. The summed E-state index contributed by atoms with van der Waals surface area (Å²) in [6, 6.07) is 7.38. The van der Waals surface area contributed by atoms with Crippen molar-refractivity contribution in [2.24, 2.45) is 0 Å². The van der Waals surface area contributed by atoms with Crippen molar-refractivity contribution in [1.82, 2.24) is 4.90 Å². The Morgan fingerprint density at radius 1 is 1.00 bits per heavy atom. The van der Waals surface area contributed by atoms with Gasteiger partial charge in [0.25, 0.3) is 11.8 Å². The van der Waals surface area contributed by atoms with E-state index in [9.17, 15) is 9.59 Å². The van der Waals surface area contributed by atoms with Gasteiger partial charge in [-0.15, -0.1) is 0 Å². The molecule has 5 heteroatoms. The van der Waals surface area contributed by atoms with Crippen LogP contribution in [0.5, 0.6) is 0 Å². The predicted octanol–water partition coefficient (Wildman–Crippen LogP) is 2.02. The maximum atomic E-state index is 12.7. The van der Waals surface area contributed by atoms with Crippen molar-refractivity contribution in [3.05, 3.63) is 47.7 Å². The second-order valence-corrected chi connectivity index (χ2v) is 5.61. The summed E-state index contributed by atoms with van der Waals surface area (Å²) >= 11 is 0. The summed E-state index contributed by atoms with van der Waals surface area (Å²) in [6.45, 7) is 1.87. The Morgan fingerprint density at radius 2 is 1.45 bits per heavy atom. The van der Waals surface area contributed by atoms with Crippen LogP contribution in [0.2, 0.25) is 0 Å². The lowest BCUT2D eigenvalue weighted by Gasteiger charge is -2.19. The van der Waals surface area contributed by atoms with Gasteiger partial charge in [-0.1, -0.05) is 12.1 Å². The highest BCUT2D eigenvalue weighted by molar-refractivity contribution is 6.30. The maximum absolute atomic E-state index is 12.7. The summed E-state index contributed by atoms with van der Waals surface area (Å²) in [7, 11) is 7.17. The summed E-state index contributed by atoms with van der Waals surface area (Å²) in [5.74, 6) is -0.596. The molecule has 0 saturated carbocycles. The number of fused-ring (bicyclic) bond motifs is 1. The van der Waals surface area contributed by atoms with E-state index in [4.69, 9.17) is 0 Å². The number of rotatable bonds is 2. The summed E-state index contributed by atoms with van der Waals surface area (Å²) in [6.07, 6.45) is 3.51. The quantitative estimate of drug-likeness (QED) is 0.620. The van der Waals surface area contributed by atoms with Crippen molar-refractivity contribution in [1.29, 1.82) is 0 Å². The molecule has 1 aliphatic rings. The van der Waals surface area contributed by atoms with Crippen LogP contribution in [0.3, 0.4) is 0 Å². The molecule has 0 aliphatic carbocycles. The van der Waals surface area contributed by atoms with Gasteiger partial charge in [0.05, 0.1) is 11.4 Å². The first kappa shape index (κ1) is 15.8. The van der Waals surface area contributed by atoms with Gasteiger partial charge in [0.15, 0.2) is 0 Å². The molecule has 0 N–H and O–H groups in total. The zero-order valence-electron chi connectivity index (χ0n) is 13.6. The van der Waals surface area contributed by atoms with E-state index in [0.29, 0.717) is 0 Å². The Morgan fingerprint density at radius 3 is 1.86 bits per heavy atom. The number of anilines is 2. The SMILES string of the molecule is CC(=CN(C)C)C=C1C(=O)N(C)c2ccccc2N(C)C1=O. The molecule has 116 valence electrons. The minimum absolute atomic E-state index is 0.164. The minimum Gasteiger partial charge on any atom is -0.383 e. The van der Waals surface area contributed by atoms with Gasteiger partial charge >= 0.3 is 0 Å². The third kappa shape index (κ3) is 2.88. The van der Waals surface area contributed by atoms with Crippen molar-refractivity contribution in [3.63, 3.8) is 0 Å². The molecule has 0 spiro atoms. The number of carbonyl (C=O) groups is 2. The zero-order valence-corrected chi connectivity index (χ0v) is 13.6. The summed E-state index contributed by atoms with van der Waals surface area (Å²) < 4.78 is 0. The Balaban J connectivity index is 2.55. The molecule has 0 saturated heterocycles. The van der Waals surface area contributed by atoms with Crippen LogP contribution in [0.4, 0.5) is 11.4 Å². The number of amides is 2. The molecular formula is C17H21N3O2. The molecular weight excluding hydrogens is 278 g/mol. The fourth-order valence-corrected chi connectivity index (χ4v) is 2.50. The van der Waals surface area contributed by atoms with E-state index in [0.717, 1.165) is 16.9 Å². The molecule has 1 aromatic carbocycles. The average Bonchev–Trinajstić information content (AvgIpc) is 2.54. The predicted molar refractivity (Wildman–Crippen MR) is 88.8 cm³/mol. The van der Waals surface area contributed by atoms with Gasteiger partial charge in [0.2, 0.25) is 0 Å². The van der Waals surface area contributed by atoms with Gasteiger partial charge in [0, 0.05) is 34.4 Å². The van der Waals surface area contributed by atoms with Crippen molar-refractivity contribution in [2.75, 3.05) is 38.0 Å². The van der Waals surface area contributed by atoms with Gasteiger partial charge < -0.3 is 14.7 Å². The third-order valence-electron chi connectivity index (χ3n) is 3.51. The van der Waals surface area contributed by atoms with Gasteiger partial charge in [-0.25, -0.2) is 0 Å². The zero-order chi connectivity index (χ0) is 16.4. The highest BCUT2D eigenvalue weighted by Gasteiger charge is 2.32. The first-order valence-electron chi connectivity index (χ1n) is 7.04. The Bertz CT molecular complexity index is 631. The van der Waals surface area contributed by atoms with Crippen LogP contribution in [-0.2, 0) is 9.59 Å². The highest BCUT2D eigenvalue weighted by Crippen LogP contribution is 2.32. The van der Waals surface area contributed by atoms with E-state index < -0.39 is 0 Å². The van der Waals surface area contributed by atoms with Crippen LogP contribution in [0, 0.1) is 0 Å². The van der Waals surface area contributed by atoms with E-state index in [2.05, 4.69) is 0 Å². The first-order valence-corrected chi connectivity index (χ1v) is 7.04. The van der Waals surface area contributed by atoms with E-state index in [1.54, 1.807) is 20.2 Å². The standard InChI is InChI=1S/C17H21N3O2/c1-12(11-18(2)3)10-13-16(21)19(4)14-8-6-7-9-15(14)20(5)17(13)22/h6-11H,1-5H3. The molecule has 2 amide bonds. The molecule has 0 atom stereocenters.